The van der Waals surface area contributed by atoms with E-state index in [2.05, 4.69) is 15.5 Å². The Labute approximate surface area is 214 Å². The van der Waals surface area contributed by atoms with Gasteiger partial charge in [-0.1, -0.05) is 17.3 Å². The molecule has 0 saturated carbocycles. The molecule has 194 valence electrons. The first kappa shape index (κ1) is 27.2. The summed E-state index contributed by atoms with van der Waals surface area (Å²) in [6, 6.07) is -0.946. The van der Waals surface area contributed by atoms with Gasteiger partial charge in [-0.25, -0.2) is 9.78 Å². The number of nitrogens with two attached hydrogens (primary N) is 1. The summed E-state index contributed by atoms with van der Waals surface area (Å²) >= 11 is 2.47. The fraction of sp³-hybridized carbons (Fsp3) is 0.429. The number of thioether (sulfide) groups is 1. The normalized spacial score (nSPS) is 20.5. The summed E-state index contributed by atoms with van der Waals surface area (Å²) in [5.74, 6) is -2.35. The maximum absolute atomic E-state index is 13.1. The van der Waals surface area contributed by atoms with Crippen molar-refractivity contribution < 1.29 is 38.2 Å². The first-order valence-corrected chi connectivity index (χ1v) is 12.5. The van der Waals surface area contributed by atoms with E-state index in [-0.39, 0.29) is 22.2 Å². The quantitative estimate of drug-likeness (QED) is 0.138. The van der Waals surface area contributed by atoms with Crippen LogP contribution < -0.4 is 11.1 Å². The smallest absolute Gasteiger partial charge is 0.358 e. The molecule has 13 nitrogen and oxygen atoms in total. The van der Waals surface area contributed by atoms with E-state index in [1.807, 2.05) is 0 Å². The average molecular weight is 540 g/mol. The molecular formula is C21H25N5O8S2. The summed E-state index contributed by atoms with van der Waals surface area (Å²) < 4.78 is 15.1. The van der Waals surface area contributed by atoms with Crippen LogP contribution in [0, 0.1) is 0 Å². The number of carbonyl (C=O) groups excluding carboxylic acids is 4. The molecule has 0 aliphatic carbocycles. The Morgan fingerprint density at radius 1 is 1.36 bits per heavy atom. The molecule has 2 unspecified atom stereocenters. The van der Waals surface area contributed by atoms with Gasteiger partial charge in [0.25, 0.3) is 11.8 Å². The number of hydrogen-bond donors (Lipinski definition) is 2. The molecule has 0 aromatic carbocycles. The van der Waals surface area contributed by atoms with Crippen molar-refractivity contribution in [1.29, 1.82) is 0 Å². The third-order valence-electron chi connectivity index (χ3n) is 4.83. The predicted octanol–water partition coefficient (Wildman–Crippen LogP) is 0.385. The fourth-order valence-electron chi connectivity index (χ4n) is 3.41. The molecule has 1 aromatic heterocycles. The highest BCUT2D eigenvalue weighted by atomic mass is 32.2. The molecule has 3 heterocycles. The van der Waals surface area contributed by atoms with E-state index in [1.54, 1.807) is 12.2 Å². The number of nitrogen functional groups attached to an aromatic ring is 1. The lowest BCUT2D eigenvalue weighted by Gasteiger charge is -2.49. The van der Waals surface area contributed by atoms with E-state index in [1.165, 1.54) is 50.1 Å². The molecule has 0 bridgehead atoms. The number of carbonyl (C=O) groups is 4. The van der Waals surface area contributed by atoms with Crippen molar-refractivity contribution >= 4 is 57.7 Å². The van der Waals surface area contributed by atoms with Gasteiger partial charge in [-0.15, -0.1) is 23.1 Å². The highest BCUT2D eigenvalue weighted by molar-refractivity contribution is 8.00. The van der Waals surface area contributed by atoms with Gasteiger partial charge in [0.2, 0.25) is 6.29 Å². The molecule has 36 heavy (non-hydrogen) atoms. The Morgan fingerprint density at radius 2 is 2.11 bits per heavy atom. The molecule has 1 aromatic rings. The van der Waals surface area contributed by atoms with Gasteiger partial charge >= 0.3 is 11.9 Å². The van der Waals surface area contributed by atoms with Crippen LogP contribution in [0.15, 0.2) is 34.0 Å². The molecule has 2 aliphatic rings. The molecule has 3 N–H and O–H groups in total. The molecule has 2 amide bonds. The standard InChI is InChI=1S/C21H25N5O8S2/c1-10(27)33-11(2)34-20(30)16-12(6-5-7-31-3)8-35-19-15(18(29)26(16)19)24-17(28)14(25-32-4)13-9-36-21(22)23-13/h5-6,9,11,15,19H,7-8H2,1-4H3,(H2,22,23)(H,24,28)/b6-5-,25-14-/t11?,15?,19-/m0/s1. The van der Waals surface area contributed by atoms with Crippen LogP contribution in [-0.4, -0.2) is 83.6 Å². The monoisotopic (exact) mass is 539 g/mol. The van der Waals surface area contributed by atoms with Gasteiger partial charge in [0.1, 0.15) is 29.9 Å². The van der Waals surface area contributed by atoms with E-state index >= 15 is 0 Å². The number of oxime groups is 1. The minimum absolute atomic E-state index is 0.00124. The number of rotatable bonds is 10. The lowest BCUT2D eigenvalue weighted by Crippen LogP contribution is -2.71. The fourth-order valence-corrected chi connectivity index (χ4v) is 5.28. The number of nitrogens with zero attached hydrogens (tertiary/aromatic N) is 3. The van der Waals surface area contributed by atoms with Crippen molar-refractivity contribution in [2.45, 2.75) is 31.6 Å². The van der Waals surface area contributed by atoms with Crippen molar-refractivity contribution in [3.63, 3.8) is 0 Å². The Balaban J connectivity index is 1.82. The topological polar surface area (TPSA) is 172 Å². The first-order chi connectivity index (χ1) is 17.2. The van der Waals surface area contributed by atoms with Crippen LogP contribution in [0.3, 0.4) is 0 Å². The van der Waals surface area contributed by atoms with Gasteiger partial charge in [0.15, 0.2) is 10.8 Å². The van der Waals surface area contributed by atoms with Crippen molar-refractivity contribution in [1.82, 2.24) is 15.2 Å². The second kappa shape index (κ2) is 12.0. The van der Waals surface area contributed by atoms with Gasteiger partial charge in [-0.3, -0.25) is 19.3 Å². The molecule has 0 spiro atoms. The number of esters is 2. The Morgan fingerprint density at radius 3 is 2.72 bits per heavy atom. The number of aromatic nitrogens is 1. The summed E-state index contributed by atoms with van der Waals surface area (Å²) in [7, 11) is 2.79. The van der Waals surface area contributed by atoms with Crippen LogP contribution in [0.4, 0.5) is 5.13 Å². The number of nitrogens with one attached hydrogen (secondary N) is 1. The number of anilines is 1. The zero-order valence-electron chi connectivity index (χ0n) is 19.9. The first-order valence-electron chi connectivity index (χ1n) is 10.5. The molecule has 3 atom stereocenters. The SMILES string of the molecule is COC/C=C\C1=C(C(=O)OC(C)OC(C)=O)N2C(=O)C(NC(=O)/C(=N\OC)c3csc(N)n3)[C@@H]2SC1. The van der Waals surface area contributed by atoms with Crippen LogP contribution in [0.5, 0.6) is 0 Å². The minimum atomic E-state index is -1.16. The minimum Gasteiger partial charge on any atom is -0.426 e. The van der Waals surface area contributed by atoms with E-state index in [4.69, 9.17) is 24.8 Å². The zero-order valence-corrected chi connectivity index (χ0v) is 21.5. The second-order valence-electron chi connectivity index (χ2n) is 7.37. The van der Waals surface area contributed by atoms with Crippen LogP contribution in [0.1, 0.15) is 19.5 Å². The molecule has 15 heteroatoms. The lowest BCUT2D eigenvalue weighted by atomic mass is 10.0. The van der Waals surface area contributed by atoms with Crippen molar-refractivity contribution in [3.05, 3.63) is 34.5 Å². The van der Waals surface area contributed by atoms with E-state index in [0.29, 0.717) is 17.9 Å². The lowest BCUT2D eigenvalue weighted by molar-refractivity contribution is -0.182. The summed E-state index contributed by atoms with van der Waals surface area (Å²) in [5, 5.41) is 7.54. The van der Waals surface area contributed by atoms with Crippen molar-refractivity contribution in [2.75, 3.05) is 32.3 Å². The summed E-state index contributed by atoms with van der Waals surface area (Å²) in [5.41, 5.74) is 6.22. The van der Waals surface area contributed by atoms with Gasteiger partial charge in [-0.05, 0) is 5.57 Å². The molecule has 1 saturated heterocycles. The summed E-state index contributed by atoms with van der Waals surface area (Å²) in [6.07, 6.45) is 2.19. The van der Waals surface area contributed by atoms with Gasteiger partial charge in [-0.2, -0.15) is 0 Å². The van der Waals surface area contributed by atoms with Gasteiger partial charge in [0.05, 0.1) is 6.61 Å². The van der Waals surface area contributed by atoms with Crippen LogP contribution in [-0.2, 0) is 38.2 Å². The number of methoxy groups -OCH3 is 1. The average Bonchev–Trinajstić information content (AvgIpc) is 3.25. The number of thiazole rings is 1. The Hall–Kier alpha value is -3.43. The zero-order chi connectivity index (χ0) is 26.4. The molecule has 3 rings (SSSR count). The third kappa shape index (κ3) is 6.03. The number of allylic oxidation sites excluding steroid dienone is 1. The summed E-state index contributed by atoms with van der Waals surface area (Å²) in [4.78, 5) is 60.3. The molecule has 2 aliphatic heterocycles. The highest BCUT2D eigenvalue weighted by Crippen LogP contribution is 2.41. The maximum Gasteiger partial charge on any atom is 0.358 e. The molecule has 1 fully saturated rings. The largest absolute Gasteiger partial charge is 0.426 e. The van der Waals surface area contributed by atoms with Gasteiger partial charge in [0, 0.05) is 32.1 Å². The number of β-lactam (4-membered cyclic amide) rings is 1. The Bertz CT molecular complexity index is 1130. The number of amides is 2. The molecular weight excluding hydrogens is 514 g/mol. The van der Waals surface area contributed by atoms with Crippen LogP contribution in [0.2, 0.25) is 0 Å². The van der Waals surface area contributed by atoms with E-state index in [9.17, 15) is 19.2 Å². The van der Waals surface area contributed by atoms with Crippen LogP contribution in [0.25, 0.3) is 0 Å². The van der Waals surface area contributed by atoms with Crippen LogP contribution >= 0.6 is 23.1 Å². The van der Waals surface area contributed by atoms with Gasteiger partial charge < -0.3 is 30.1 Å². The second-order valence-corrected chi connectivity index (χ2v) is 9.36. The third-order valence-corrected chi connectivity index (χ3v) is 6.80. The molecule has 0 radical (unpaired) electrons. The number of hydrogen-bond acceptors (Lipinski definition) is 13. The Kier molecular flexibility index (Phi) is 9.06. The maximum atomic E-state index is 13.1. The highest BCUT2D eigenvalue weighted by Gasteiger charge is 2.54. The van der Waals surface area contributed by atoms with Crippen molar-refractivity contribution in [3.8, 4) is 0 Å². The van der Waals surface area contributed by atoms with E-state index in [0.717, 1.165) is 11.3 Å². The van der Waals surface area contributed by atoms with Crippen molar-refractivity contribution in [2.24, 2.45) is 5.16 Å². The summed E-state index contributed by atoms with van der Waals surface area (Å²) in [6.45, 7) is 2.86. The number of ether oxygens (including phenoxy) is 3. The number of fused-ring (bicyclic) bond motifs is 1. The van der Waals surface area contributed by atoms with E-state index < -0.39 is 41.5 Å². The predicted molar refractivity (Wildman–Crippen MR) is 130 cm³/mol.